The van der Waals surface area contributed by atoms with Crippen LogP contribution >= 0.6 is 11.3 Å². The summed E-state index contributed by atoms with van der Waals surface area (Å²) in [5.74, 6) is 0.157. The Kier molecular flexibility index (Phi) is 3.71. The Bertz CT molecular complexity index is 796. The van der Waals surface area contributed by atoms with Crippen LogP contribution in [0.15, 0.2) is 60.5 Å². The van der Waals surface area contributed by atoms with Gasteiger partial charge < -0.3 is 9.47 Å². The van der Waals surface area contributed by atoms with Crippen molar-refractivity contribution in [3.63, 3.8) is 0 Å². The number of amides is 1. The topological polar surface area (TPSA) is 38.1 Å². The SMILES string of the molecule is O=C(Cc1cccs1)N1C[C@H](n2ccnc2)Cc2ccccc21. The first-order valence-corrected chi connectivity index (χ1v) is 8.57. The number of fused-ring (bicyclic) bond motifs is 1. The zero-order chi connectivity index (χ0) is 15.6. The van der Waals surface area contributed by atoms with Crippen molar-refractivity contribution in [2.75, 3.05) is 11.4 Å². The van der Waals surface area contributed by atoms with Gasteiger partial charge in [0.05, 0.1) is 18.8 Å². The summed E-state index contributed by atoms with van der Waals surface area (Å²) in [6.45, 7) is 0.692. The lowest BCUT2D eigenvalue weighted by Crippen LogP contribution is -2.41. The first kappa shape index (κ1) is 14.2. The average Bonchev–Trinajstić information content (AvgIpc) is 3.27. The number of thiophene rings is 1. The van der Waals surface area contributed by atoms with Gasteiger partial charge in [0.2, 0.25) is 5.91 Å². The Hall–Kier alpha value is -2.40. The lowest BCUT2D eigenvalue weighted by molar-refractivity contribution is -0.118. The van der Waals surface area contributed by atoms with Crippen LogP contribution in [0, 0.1) is 0 Å². The van der Waals surface area contributed by atoms with Gasteiger partial charge in [-0.05, 0) is 29.5 Å². The van der Waals surface area contributed by atoms with Crippen molar-refractivity contribution in [2.45, 2.75) is 18.9 Å². The van der Waals surface area contributed by atoms with Crippen molar-refractivity contribution in [1.29, 1.82) is 0 Å². The molecule has 0 aliphatic carbocycles. The van der Waals surface area contributed by atoms with Crippen molar-refractivity contribution in [3.05, 3.63) is 70.9 Å². The fourth-order valence-corrected chi connectivity index (χ4v) is 3.85. The molecule has 4 nitrogen and oxygen atoms in total. The van der Waals surface area contributed by atoms with Crippen LogP contribution in [-0.4, -0.2) is 22.0 Å². The Balaban J connectivity index is 1.65. The van der Waals surface area contributed by atoms with Gasteiger partial charge >= 0.3 is 0 Å². The van der Waals surface area contributed by atoms with E-state index in [1.807, 2.05) is 53.1 Å². The molecular weight excluding hydrogens is 306 g/mol. The minimum Gasteiger partial charge on any atom is -0.332 e. The monoisotopic (exact) mass is 323 g/mol. The summed E-state index contributed by atoms with van der Waals surface area (Å²) >= 11 is 1.63. The average molecular weight is 323 g/mol. The number of para-hydroxylation sites is 1. The molecule has 4 rings (SSSR count). The van der Waals surface area contributed by atoms with Crippen LogP contribution < -0.4 is 4.90 Å². The van der Waals surface area contributed by atoms with E-state index in [2.05, 4.69) is 15.6 Å². The van der Waals surface area contributed by atoms with Gasteiger partial charge in [0.25, 0.3) is 0 Å². The molecule has 2 aromatic heterocycles. The quantitative estimate of drug-likeness (QED) is 0.741. The highest BCUT2D eigenvalue weighted by atomic mass is 32.1. The van der Waals surface area contributed by atoms with Gasteiger partial charge in [0.1, 0.15) is 0 Å². The fourth-order valence-electron chi connectivity index (χ4n) is 3.15. The Labute approximate surface area is 139 Å². The number of hydrogen-bond acceptors (Lipinski definition) is 3. The Morgan fingerprint density at radius 2 is 2.17 bits per heavy atom. The zero-order valence-electron chi connectivity index (χ0n) is 12.6. The smallest absolute Gasteiger partial charge is 0.232 e. The minimum atomic E-state index is 0.157. The van der Waals surface area contributed by atoms with Crippen molar-refractivity contribution in [1.82, 2.24) is 9.55 Å². The highest BCUT2D eigenvalue weighted by Gasteiger charge is 2.29. The standard InChI is InChI=1S/C18H17N3OS/c22-18(11-16-5-3-9-23-16)21-12-15(20-8-7-19-13-20)10-14-4-1-2-6-17(14)21/h1-9,13,15H,10-12H2/t15-/m1/s1. The molecule has 0 saturated heterocycles. The molecule has 23 heavy (non-hydrogen) atoms. The highest BCUT2D eigenvalue weighted by molar-refractivity contribution is 7.10. The van der Waals surface area contributed by atoms with E-state index in [4.69, 9.17) is 0 Å². The molecule has 0 N–H and O–H groups in total. The van der Waals surface area contributed by atoms with E-state index < -0.39 is 0 Å². The minimum absolute atomic E-state index is 0.157. The second-order valence-electron chi connectivity index (χ2n) is 5.76. The number of anilines is 1. The van der Waals surface area contributed by atoms with Crippen molar-refractivity contribution >= 4 is 22.9 Å². The molecule has 1 aliphatic rings. The molecule has 0 spiro atoms. The third kappa shape index (κ3) is 2.80. The molecule has 1 aliphatic heterocycles. The number of aromatic nitrogens is 2. The number of hydrogen-bond donors (Lipinski definition) is 0. The molecule has 5 heteroatoms. The summed E-state index contributed by atoms with van der Waals surface area (Å²) < 4.78 is 2.10. The number of rotatable bonds is 3. The summed E-state index contributed by atoms with van der Waals surface area (Å²) in [5, 5.41) is 2.01. The molecule has 0 bridgehead atoms. The van der Waals surface area contributed by atoms with Gasteiger partial charge in [-0.3, -0.25) is 4.79 Å². The second-order valence-corrected chi connectivity index (χ2v) is 6.79. The van der Waals surface area contributed by atoms with Crippen LogP contribution in [0.2, 0.25) is 0 Å². The number of carbonyl (C=O) groups is 1. The molecule has 3 aromatic rings. The molecule has 1 atom stereocenters. The molecule has 116 valence electrons. The fraction of sp³-hybridized carbons (Fsp3) is 0.222. The predicted octanol–water partition coefficient (Wildman–Crippen LogP) is 3.32. The molecule has 0 fully saturated rings. The van der Waals surface area contributed by atoms with Crippen LogP contribution in [0.25, 0.3) is 0 Å². The third-order valence-corrected chi connectivity index (χ3v) is 5.16. The van der Waals surface area contributed by atoms with Gasteiger partial charge in [-0.1, -0.05) is 24.3 Å². The number of carbonyl (C=O) groups excluding carboxylic acids is 1. The van der Waals surface area contributed by atoms with Crippen LogP contribution in [0.4, 0.5) is 5.69 Å². The van der Waals surface area contributed by atoms with E-state index in [0.717, 1.165) is 17.0 Å². The van der Waals surface area contributed by atoms with Crippen LogP contribution in [-0.2, 0) is 17.6 Å². The maximum absolute atomic E-state index is 12.9. The van der Waals surface area contributed by atoms with Gasteiger partial charge in [-0.15, -0.1) is 11.3 Å². The Morgan fingerprint density at radius 1 is 1.26 bits per heavy atom. The summed E-state index contributed by atoms with van der Waals surface area (Å²) in [6.07, 6.45) is 6.98. The lowest BCUT2D eigenvalue weighted by atomic mass is 9.97. The van der Waals surface area contributed by atoms with Gasteiger partial charge in [-0.2, -0.15) is 0 Å². The lowest BCUT2D eigenvalue weighted by Gasteiger charge is -2.35. The van der Waals surface area contributed by atoms with Gasteiger partial charge in [0, 0.05) is 29.5 Å². The number of benzene rings is 1. The highest BCUT2D eigenvalue weighted by Crippen LogP contribution is 2.32. The third-order valence-electron chi connectivity index (χ3n) is 4.28. The zero-order valence-corrected chi connectivity index (χ0v) is 13.4. The van der Waals surface area contributed by atoms with E-state index >= 15 is 0 Å². The van der Waals surface area contributed by atoms with E-state index in [9.17, 15) is 4.79 Å². The largest absolute Gasteiger partial charge is 0.332 e. The first-order chi connectivity index (χ1) is 11.3. The molecular formula is C18H17N3OS. The number of imidazole rings is 1. The molecule has 0 radical (unpaired) electrons. The molecule has 0 unspecified atom stereocenters. The van der Waals surface area contributed by atoms with Crippen LogP contribution in [0.3, 0.4) is 0 Å². The summed E-state index contributed by atoms with van der Waals surface area (Å²) in [5.41, 5.74) is 2.27. The van der Waals surface area contributed by atoms with Crippen molar-refractivity contribution in [3.8, 4) is 0 Å². The van der Waals surface area contributed by atoms with Crippen molar-refractivity contribution in [2.24, 2.45) is 0 Å². The van der Waals surface area contributed by atoms with E-state index in [1.54, 1.807) is 17.5 Å². The molecule has 1 amide bonds. The normalized spacial score (nSPS) is 17.0. The Morgan fingerprint density at radius 3 is 2.96 bits per heavy atom. The summed E-state index contributed by atoms with van der Waals surface area (Å²) in [4.78, 5) is 20.0. The van der Waals surface area contributed by atoms with E-state index in [0.29, 0.717) is 13.0 Å². The second kappa shape index (κ2) is 6.01. The number of nitrogens with zero attached hydrogens (tertiary/aromatic N) is 3. The maximum atomic E-state index is 12.9. The van der Waals surface area contributed by atoms with Gasteiger partial charge in [0.15, 0.2) is 0 Å². The van der Waals surface area contributed by atoms with E-state index in [-0.39, 0.29) is 11.9 Å². The first-order valence-electron chi connectivity index (χ1n) is 7.69. The van der Waals surface area contributed by atoms with Gasteiger partial charge in [-0.25, -0.2) is 4.98 Å². The summed E-state index contributed by atoms with van der Waals surface area (Å²) in [6, 6.07) is 12.5. The van der Waals surface area contributed by atoms with E-state index in [1.165, 1.54) is 5.56 Å². The molecule has 3 heterocycles. The van der Waals surface area contributed by atoms with Crippen LogP contribution in [0.1, 0.15) is 16.5 Å². The summed E-state index contributed by atoms with van der Waals surface area (Å²) in [7, 11) is 0. The molecule has 1 aromatic carbocycles. The van der Waals surface area contributed by atoms with Crippen LogP contribution in [0.5, 0.6) is 0 Å². The maximum Gasteiger partial charge on any atom is 0.232 e. The molecule has 0 saturated carbocycles. The van der Waals surface area contributed by atoms with Crippen molar-refractivity contribution < 1.29 is 4.79 Å². The predicted molar refractivity (Wildman–Crippen MR) is 91.8 cm³/mol.